The molecule has 180 valence electrons. The lowest BCUT2D eigenvalue weighted by Gasteiger charge is -2.20. The summed E-state index contributed by atoms with van der Waals surface area (Å²) in [7, 11) is 0. The van der Waals surface area contributed by atoms with Gasteiger partial charge in [0.25, 0.3) is 5.91 Å². The van der Waals surface area contributed by atoms with E-state index in [0.29, 0.717) is 36.9 Å². The first-order chi connectivity index (χ1) is 15.4. The van der Waals surface area contributed by atoms with E-state index in [-0.39, 0.29) is 48.3 Å². The van der Waals surface area contributed by atoms with E-state index in [4.69, 9.17) is 10.5 Å². The van der Waals surface area contributed by atoms with Gasteiger partial charge in [-0.2, -0.15) is 0 Å². The van der Waals surface area contributed by atoms with Crippen molar-refractivity contribution in [2.45, 2.75) is 32.9 Å². The third-order valence-electron chi connectivity index (χ3n) is 4.45. The first-order valence-electron chi connectivity index (χ1n) is 10.5. The Morgan fingerprint density at radius 2 is 1.82 bits per heavy atom. The van der Waals surface area contributed by atoms with Crippen LogP contribution in [0.5, 0.6) is 5.75 Å². The second-order valence-electron chi connectivity index (χ2n) is 7.03. The zero-order valence-corrected chi connectivity index (χ0v) is 21.1. The van der Waals surface area contributed by atoms with Crippen LogP contribution in [0.3, 0.4) is 0 Å². The fraction of sp³-hybridized carbons (Fsp3) is 0.348. The number of amides is 2. The van der Waals surface area contributed by atoms with Gasteiger partial charge in [-0.15, -0.1) is 24.0 Å². The molecule has 10 heteroatoms. The van der Waals surface area contributed by atoms with Crippen molar-refractivity contribution in [3.63, 3.8) is 0 Å². The molecule has 1 unspecified atom stereocenters. The van der Waals surface area contributed by atoms with Crippen molar-refractivity contribution in [2.75, 3.05) is 19.6 Å². The summed E-state index contributed by atoms with van der Waals surface area (Å²) in [6.45, 7) is 5.35. The maximum Gasteiger partial charge on any atom is 0.251 e. The minimum atomic E-state index is -0.598. The number of nitrogens with one attached hydrogen (secondary N) is 3. The number of aliphatic imine (C=N–C) groups is 1. The van der Waals surface area contributed by atoms with E-state index < -0.39 is 5.91 Å². The fourth-order valence-electron chi connectivity index (χ4n) is 2.76. The molecule has 33 heavy (non-hydrogen) atoms. The first-order valence-corrected chi connectivity index (χ1v) is 10.5. The molecule has 0 bridgehead atoms. The fourth-order valence-corrected chi connectivity index (χ4v) is 2.76. The first kappa shape index (κ1) is 28.1. The number of guanidine groups is 1. The summed E-state index contributed by atoms with van der Waals surface area (Å²) in [6.07, 6.45) is 0.584. The predicted molar refractivity (Wildman–Crippen MR) is 137 cm³/mol. The van der Waals surface area contributed by atoms with E-state index in [1.54, 1.807) is 36.4 Å². The van der Waals surface area contributed by atoms with Crippen molar-refractivity contribution >= 4 is 41.8 Å². The number of hydrogen-bond donors (Lipinski definition) is 4. The molecule has 0 saturated heterocycles. The van der Waals surface area contributed by atoms with Crippen LogP contribution >= 0.6 is 24.0 Å². The third-order valence-corrected chi connectivity index (χ3v) is 4.45. The molecule has 2 aromatic rings. The minimum Gasteiger partial charge on any atom is -0.489 e. The molecule has 0 aliphatic rings. The van der Waals surface area contributed by atoms with Crippen molar-refractivity contribution in [1.29, 1.82) is 0 Å². The zero-order valence-electron chi connectivity index (χ0n) is 18.8. The number of halogens is 2. The van der Waals surface area contributed by atoms with E-state index in [1.807, 2.05) is 13.8 Å². The van der Waals surface area contributed by atoms with Crippen LogP contribution < -0.4 is 26.4 Å². The van der Waals surface area contributed by atoms with E-state index >= 15 is 0 Å². The molecule has 8 nitrogen and oxygen atoms in total. The van der Waals surface area contributed by atoms with Gasteiger partial charge < -0.3 is 26.4 Å². The number of hydrogen-bond acceptors (Lipinski definition) is 4. The number of primary amides is 1. The second kappa shape index (κ2) is 15.0. The van der Waals surface area contributed by atoms with Gasteiger partial charge in [0.15, 0.2) is 5.96 Å². The van der Waals surface area contributed by atoms with Gasteiger partial charge in [-0.25, -0.2) is 9.38 Å². The number of carbonyl (C=O) groups is 2. The van der Waals surface area contributed by atoms with Crippen LogP contribution in [0.2, 0.25) is 0 Å². The lowest BCUT2D eigenvalue weighted by atomic mass is 10.1. The number of nitrogens with zero attached hydrogens (tertiary/aromatic N) is 1. The monoisotopic (exact) mass is 571 g/mol. The van der Waals surface area contributed by atoms with Crippen LogP contribution in [0.15, 0.2) is 53.5 Å². The second-order valence-corrected chi connectivity index (χ2v) is 7.03. The normalized spacial score (nSPS) is 11.7. The molecule has 1 atom stereocenters. The number of carbonyl (C=O) groups excluding carboxylic acids is 2. The number of benzene rings is 2. The molecule has 2 rings (SSSR count). The van der Waals surface area contributed by atoms with Gasteiger partial charge in [0, 0.05) is 18.2 Å². The van der Waals surface area contributed by atoms with Crippen LogP contribution in [-0.2, 0) is 11.3 Å². The summed E-state index contributed by atoms with van der Waals surface area (Å²) in [5.41, 5.74) is 6.38. The van der Waals surface area contributed by atoms with E-state index in [2.05, 4.69) is 20.9 Å². The summed E-state index contributed by atoms with van der Waals surface area (Å²) in [5.74, 6) is -0.189. The van der Waals surface area contributed by atoms with E-state index in [0.717, 1.165) is 12.0 Å². The van der Waals surface area contributed by atoms with Crippen molar-refractivity contribution in [2.24, 2.45) is 10.7 Å². The Labute approximate surface area is 210 Å². The van der Waals surface area contributed by atoms with Crippen LogP contribution in [0.1, 0.15) is 36.2 Å². The Morgan fingerprint density at radius 3 is 2.42 bits per heavy atom. The smallest absolute Gasteiger partial charge is 0.251 e. The molecule has 2 amide bonds. The largest absolute Gasteiger partial charge is 0.489 e. The summed E-state index contributed by atoms with van der Waals surface area (Å²) >= 11 is 0. The van der Waals surface area contributed by atoms with Gasteiger partial charge in [-0.05, 0) is 43.2 Å². The average Bonchev–Trinajstić information content (AvgIpc) is 2.78. The van der Waals surface area contributed by atoms with Crippen LogP contribution in [0.4, 0.5) is 4.39 Å². The highest BCUT2D eigenvalue weighted by molar-refractivity contribution is 14.0. The zero-order chi connectivity index (χ0) is 23.3. The summed E-state index contributed by atoms with van der Waals surface area (Å²) in [4.78, 5) is 27.3. The Balaban J connectivity index is 0.00000544. The van der Waals surface area contributed by atoms with Gasteiger partial charge in [0.05, 0.1) is 19.6 Å². The molecule has 2 aromatic carbocycles. The summed E-state index contributed by atoms with van der Waals surface area (Å²) in [5, 5.41) is 8.87. The molecular formula is C23H31FIN5O3. The van der Waals surface area contributed by atoms with Crippen molar-refractivity contribution in [3.8, 4) is 5.75 Å². The van der Waals surface area contributed by atoms with E-state index in [1.165, 1.54) is 12.1 Å². The number of ether oxygens (including phenoxy) is 1. The molecule has 0 radical (unpaired) electrons. The number of nitrogens with two attached hydrogens (primary N) is 1. The summed E-state index contributed by atoms with van der Waals surface area (Å²) in [6, 6.07) is 13.0. The Morgan fingerprint density at radius 1 is 1.09 bits per heavy atom. The molecular weight excluding hydrogens is 540 g/mol. The molecule has 5 N–H and O–H groups in total. The number of rotatable bonds is 11. The molecule has 0 aliphatic carbocycles. The maximum atomic E-state index is 13.4. The average molecular weight is 571 g/mol. The highest BCUT2D eigenvalue weighted by atomic mass is 127. The van der Waals surface area contributed by atoms with Gasteiger partial charge in [-0.3, -0.25) is 9.59 Å². The molecule has 0 saturated carbocycles. The maximum absolute atomic E-state index is 13.4. The van der Waals surface area contributed by atoms with Gasteiger partial charge in [-0.1, -0.05) is 25.1 Å². The molecule has 0 spiro atoms. The quantitative estimate of drug-likeness (QED) is 0.188. The van der Waals surface area contributed by atoms with Crippen molar-refractivity contribution in [1.82, 2.24) is 16.0 Å². The lowest BCUT2D eigenvalue weighted by Crippen LogP contribution is -2.42. The minimum absolute atomic E-state index is 0. The van der Waals surface area contributed by atoms with Crippen LogP contribution in [-0.4, -0.2) is 43.5 Å². The molecule has 0 fully saturated rings. The third kappa shape index (κ3) is 10.5. The molecule has 0 aliphatic heterocycles. The predicted octanol–water partition coefficient (Wildman–Crippen LogP) is 2.57. The SMILES string of the molecule is CCNC(=NCc1ccc(C(=O)NCC(N)=O)cc1)NCC(CC)Oc1cccc(F)c1.I. The highest BCUT2D eigenvalue weighted by Crippen LogP contribution is 2.14. The Bertz CT molecular complexity index is 925. The lowest BCUT2D eigenvalue weighted by molar-refractivity contribution is -0.117. The topological polar surface area (TPSA) is 118 Å². The van der Waals surface area contributed by atoms with Gasteiger partial charge in [0.2, 0.25) is 5.91 Å². The molecule has 0 aromatic heterocycles. The Kier molecular flexibility index (Phi) is 12.8. The Hall–Kier alpha value is -2.89. The van der Waals surface area contributed by atoms with Crippen molar-refractivity contribution in [3.05, 3.63) is 65.5 Å². The van der Waals surface area contributed by atoms with Gasteiger partial charge in [0.1, 0.15) is 17.7 Å². The molecule has 0 heterocycles. The summed E-state index contributed by atoms with van der Waals surface area (Å²) < 4.78 is 19.2. The highest BCUT2D eigenvalue weighted by Gasteiger charge is 2.10. The van der Waals surface area contributed by atoms with Gasteiger partial charge >= 0.3 is 0 Å². The standard InChI is InChI=1S/C23H30FN5O3.HI/c1-3-19(32-20-7-5-6-18(24)12-20)14-29-23(26-4-2)28-13-16-8-10-17(11-9-16)22(31)27-15-21(25)30;/h5-12,19H,3-4,13-15H2,1-2H3,(H2,25,30)(H,27,31)(H2,26,28,29);1H. The van der Waals surface area contributed by atoms with Crippen molar-refractivity contribution < 1.29 is 18.7 Å². The van der Waals surface area contributed by atoms with Crippen LogP contribution in [0, 0.1) is 5.82 Å². The van der Waals surface area contributed by atoms with Crippen LogP contribution in [0.25, 0.3) is 0 Å². The van der Waals surface area contributed by atoms with E-state index in [9.17, 15) is 14.0 Å².